The van der Waals surface area contributed by atoms with Gasteiger partial charge in [-0.2, -0.15) is 0 Å². The third-order valence-corrected chi connectivity index (χ3v) is 4.08. The number of amides is 3. The highest BCUT2D eigenvalue weighted by Gasteiger charge is 2.16. The molecule has 0 aliphatic carbocycles. The van der Waals surface area contributed by atoms with Crippen LogP contribution in [0.1, 0.15) is 29.2 Å². The molecule has 0 saturated heterocycles. The lowest BCUT2D eigenvalue weighted by Gasteiger charge is -2.20. The Morgan fingerprint density at radius 1 is 0.926 bits per heavy atom. The van der Waals surface area contributed by atoms with Crippen LogP contribution in [-0.4, -0.2) is 38.7 Å². The van der Waals surface area contributed by atoms with E-state index in [0.717, 1.165) is 16.7 Å². The van der Waals surface area contributed by atoms with E-state index in [0.29, 0.717) is 13.2 Å². The summed E-state index contributed by atoms with van der Waals surface area (Å²) in [6.07, 6.45) is 0.220. The summed E-state index contributed by atoms with van der Waals surface area (Å²) < 4.78 is 4.88. The highest BCUT2D eigenvalue weighted by molar-refractivity contribution is 5.78. The monoisotopic (exact) mass is 369 g/mol. The molecule has 3 amide bonds. The van der Waals surface area contributed by atoms with Crippen molar-refractivity contribution >= 4 is 11.9 Å². The number of urea groups is 1. The molecule has 3 N–H and O–H groups in total. The first-order valence-electron chi connectivity index (χ1n) is 9.01. The molecular formula is C21H27N3O3. The van der Waals surface area contributed by atoms with Gasteiger partial charge in [-0.1, -0.05) is 60.2 Å². The van der Waals surface area contributed by atoms with Gasteiger partial charge in [0.2, 0.25) is 5.91 Å². The zero-order valence-electron chi connectivity index (χ0n) is 15.8. The smallest absolute Gasteiger partial charge is 0.315 e. The van der Waals surface area contributed by atoms with Crippen LogP contribution in [0, 0.1) is 6.92 Å². The van der Waals surface area contributed by atoms with Crippen LogP contribution in [0.2, 0.25) is 0 Å². The molecule has 0 aromatic heterocycles. The molecule has 2 rings (SSSR count). The van der Waals surface area contributed by atoms with Crippen LogP contribution in [0.25, 0.3) is 0 Å². The van der Waals surface area contributed by atoms with Crippen molar-refractivity contribution in [3.05, 3.63) is 71.3 Å². The minimum Gasteiger partial charge on any atom is -0.383 e. The first-order chi connectivity index (χ1) is 13.1. The number of rotatable bonds is 9. The Kier molecular flexibility index (Phi) is 8.32. The number of hydrogen-bond donors (Lipinski definition) is 3. The van der Waals surface area contributed by atoms with E-state index < -0.39 is 0 Å². The standard InChI is InChI=1S/C21H27N3O3/c1-16-8-10-18(11-9-16)20(17-6-4-3-5-7-17)24-21(26)23-13-12-19(25)22-14-15-27-2/h3-11,20H,12-15H2,1-2H3,(H,22,25)(H2,23,24,26). The van der Waals surface area contributed by atoms with Gasteiger partial charge in [-0.3, -0.25) is 4.79 Å². The number of benzene rings is 2. The van der Waals surface area contributed by atoms with Crippen molar-refractivity contribution in [3.63, 3.8) is 0 Å². The average molecular weight is 369 g/mol. The van der Waals surface area contributed by atoms with Crippen molar-refractivity contribution in [2.75, 3.05) is 26.8 Å². The molecule has 1 atom stereocenters. The van der Waals surface area contributed by atoms with E-state index in [1.807, 2.05) is 61.5 Å². The summed E-state index contributed by atoms with van der Waals surface area (Å²) in [6, 6.07) is 17.3. The maximum absolute atomic E-state index is 12.3. The summed E-state index contributed by atoms with van der Waals surface area (Å²) in [5.74, 6) is -0.120. The highest BCUT2D eigenvalue weighted by Crippen LogP contribution is 2.22. The van der Waals surface area contributed by atoms with Crippen molar-refractivity contribution in [2.45, 2.75) is 19.4 Å². The van der Waals surface area contributed by atoms with Gasteiger partial charge in [-0.25, -0.2) is 4.79 Å². The number of methoxy groups -OCH3 is 1. The number of hydrogen-bond acceptors (Lipinski definition) is 3. The zero-order valence-corrected chi connectivity index (χ0v) is 15.8. The van der Waals surface area contributed by atoms with Crippen LogP contribution in [0.15, 0.2) is 54.6 Å². The topological polar surface area (TPSA) is 79.5 Å². The molecule has 0 radical (unpaired) electrons. The highest BCUT2D eigenvalue weighted by atomic mass is 16.5. The molecule has 0 saturated carbocycles. The van der Waals surface area contributed by atoms with Gasteiger partial charge in [0, 0.05) is 26.6 Å². The maximum Gasteiger partial charge on any atom is 0.315 e. The fraction of sp³-hybridized carbons (Fsp3) is 0.333. The van der Waals surface area contributed by atoms with Gasteiger partial charge in [0.15, 0.2) is 0 Å². The molecule has 6 nitrogen and oxygen atoms in total. The molecule has 0 spiro atoms. The van der Waals surface area contributed by atoms with Crippen molar-refractivity contribution in [2.24, 2.45) is 0 Å². The van der Waals surface area contributed by atoms with Gasteiger partial charge in [-0.05, 0) is 18.1 Å². The van der Waals surface area contributed by atoms with E-state index in [9.17, 15) is 9.59 Å². The molecule has 6 heteroatoms. The molecule has 27 heavy (non-hydrogen) atoms. The van der Waals surface area contributed by atoms with Gasteiger partial charge in [0.1, 0.15) is 0 Å². The maximum atomic E-state index is 12.3. The van der Waals surface area contributed by atoms with Crippen molar-refractivity contribution in [1.82, 2.24) is 16.0 Å². The summed E-state index contributed by atoms with van der Waals surface area (Å²) in [4.78, 5) is 24.0. The van der Waals surface area contributed by atoms with E-state index in [-0.39, 0.29) is 30.9 Å². The average Bonchev–Trinajstić information content (AvgIpc) is 2.68. The van der Waals surface area contributed by atoms with E-state index in [1.165, 1.54) is 0 Å². The van der Waals surface area contributed by atoms with Crippen LogP contribution < -0.4 is 16.0 Å². The van der Waals surface area contributed by atoms with E-state index in [2.05, 4.69) is 16.0 Å². The second-order valence-corrected chi connectivity index (χ2v) is 6.25. The first kappa shape index (κ1) is 20.5. The quantitative estimate of drug-likeness (QED) is 0.594. The minimum atomic E-state index is -0.311. The number of carbonyl (C=O) groups excluding carboxylic acids is 2. The molecule has 0 aliphatic heterocycles. The van der Waals surface area contributed by atoms with Crippen LogP contribution in [0.5, 0.6) is 0 Å². The van der Waals surface area contributed by atoms with Gasteiger partial charge in [0.25, 0.3) is 0 Å². The number of nitrogens with one attached hydrogen (secondary N) is 3. The zero-order chi connectivity index (χ0) is 19.5. The fourth-order valence-corrected chi connectivity index (χ4v) is 2.62. The Morgan fingerprint density at radius 2 is 1.59 bits per heavy atom. The lowest BCUT2D eigenvalue weighted by atomic mass is 9.98. The Hall–Kier alpha value is -2.86. The summed E-state index contributed by atoms with van der Waals surface area (Å²) in [5, 5.41) is 8.46. The molecule has 0 bridgehead atoms. The number of ether oxygens (including phenoxy) is 1. The minimum absolute atomic E-state index is 0.120. The van der Waals surface area contributed by atoms with Crippen LogP contribution in [0.4, 0.5) is 4.79 Å². The van der Waals surface area contributed by atoms with Crippen molar-refractivity contribution < 1.29 is 14.3 Å². The Balaban J connectivity index is 1.92. The Morgan fingerprint density at radius 3 is 2.26 bits per heavy atom. The molecule has 144 valence electrons. The normalized spacial score (nSPS) is 11.5. The third kappa shape index (κ3) is 7.11. The second kappa shape index (κ2) is 11.0. The van der Waals surface area contributed by atoms with E-state index in [4.69, 9.17) is 4.74 Å². The summed E-state index contributed by atoms with van der Waals surface area (Å²) in [7, 11) is 1.58. The summed E-state index contributed by atoms with van der Waals surface area (Å²) in [6.45, 7) is 3.22. The molecule has 2 aromatic carbocycles. The predicted octanol–water partition coefficient (Wildman–Crippen LogP) is 2.54. The molecule has 0 fully saturated rings. The van der Waals surface area contributed by atoms with Crippen LogP contribution in [0.3, 0.4) is 0 Å². The van der Waals surface area contributed by atoms with E-state index >= 15 is 0 Å². The van der Waals surface area contributed by atoms with E-state index in [1.54, 1.807) is 7.11 Å². The first-order valence-corrected chi connectivity index (χ1v) is 9.01. The summed E-state index contributed by atoms with van der Waals surface area (Å²) in [5.41, 5.74) is 3.16. The Labute approximate surface area is 160 Å². The largest absolute Gasteiger partial charge is 0.383 e. The molecule has 1 unspecified atom stereocenters. The van der Waals surface area contributed by atoms with Crippen molar-refractivity contribution in [1.29, 1.82) is 0 Å². The molecule has 2 aromatic rings. The fourth-order valence-electron chi connectivity index (χ4n) is 2.62. The van der Waals surface area contributed by atoms with Gasteiger partial charge < -0.3 is 20.7 Å². The van der Waals surface area contributed by atoms with Crippen LogP contribution in [-0.2, 0) is 9.53 Å². The SMILES string of the molecule is COCCNC(=O)CCNC(=O)NC(c1ccccc1)c1ccc(C)cc1. The van der Waals surface area contributed by atoms with Crippen molar-refractivity contribution in [3.8, 4) is 0 Å². The third-order valence-electron chi connectivity index (χ3n) is 4.08. The van der Waals surface area contributed by atoms with Crippen LogP contribution >= 0.6 is 0 Å². The lowest BCUT2D eigenvalue weighted by molar-refractivity contribution is -0.121. The molecular weight excluding hydrogens is 342 g/mol. The molecule has 0 aliphatic rings. The predicted molar refractivity (Wildman–Crippen MR) is 106 cm³/mol. The number of carbonyl (C=O) groups is 2. The van der Waals surface area contributed by atoms with Gasteiger partial charge >= 0.3 is 6.03 Å². The van der Waals surface area contributed by atoms with Gasteiger partial charge in [-0.15, -0.1) is 0 Å². The summed E-state index contributed by atoms with van der Waals surface area (Å²) >= 11 is 0. The second-order valence-electron chi connectivity index (χ2n) is 6.25. The number of aryl methyl sites for hydroxylation is 1. The van der Waals surface area contributed by atoms with Gasteiger partial charge in [0.05, 0.1) is 12.6 Å². The lowest BCUT2D eigenvalue weighted by Crippen LogP contribution is -2.40. The molecule has 0 heterocycles. The Bertz CT molecular complexity index is 717.